The molecule has 0 unspecified atom stereocenters. The lowest BCUT2D eigenvalue weighted by atomic mass is 9.98. The fourth-order valence-electron chi connectivity index (χ4n) is 3.55. The summed E-state index contributed by atoms with van der Waals surface area (Å²) < 4.78 is 7.41. The van der Waals surface area contributed by atoms with E-state index in [0.29, 0.717) is 11.3 Å². The Balaban J connectivity index is 1.88. The molecule has 136 valence electrons. The third-order valence-electron chi connectivity index (χ3n) is 4.95. The zero-order valence-electron chi connectivity index (χ0n) is 15.6. The highest BCUT2D eigenvalue weighted by Gasteiger charge is 2.21. The van der Waals surface area contributed by atoms with Crippen molar-refractivity contribution in [3.8, 4) is 5.75 Å². The van der Waals surface area contributed by atoms with E-state index in [1.54, 1.807) is 7.11 Å². The molecule has 0 amide bonds. The number of ether oxygens (including phenoxy) is 1. The van der Waals surface area contributed by atoms with Gasteiger partial charge in [0, 0.05) is 22.9 Å². The molecule has 0 aliphatic heterocycles. The van der Waals surface area contributed by atoms with E-state index >= 15 is 0 Å². The summed E-state index contributed by atoms with van der Waals surface area (Å²) in [5.74, 6) is 0.709. The van der Waals surface area contributed by atoms with E-state index in [2.05, 4.69) is 12.0 Å². The van der Waals surface area contributed by atoms with E-state index in [0.717, 1.165) is 46.8 Å². The van der Waals surface area contributed by atoms with Crippen LogP contribution in [-0.4, -0.2) is 22.7 Å². The molecule has 0 saturated heterocycles. The maximum atomic E-state index is 13.4. The van der Waals surface area contributed by atoms with Crippen LogP contribution in [0.25, 0.3) is 21.7 Å². The van der Waals surface area contributed by atoms with Gasteiger partial charge in [0.15, 0.2) is 0 Å². The Morgan fingerprint density at radius 2 is 1.67 bits per heavy atom. The number of nitrogens with zero attached hydrogens (tertiary/aromatic N) is 2. The average molecular weight is 358 g/mol. The number of fused-ring (bicyclic) bond motifs is 2. The van der Waals surface area contributed by atoms with Gasteiger partial charge in [-0.1, -0.05) is 55.8 Å². The first-order valence-electron chi connectivity index (χ1n) is 9.30. The van der Waals surface area contributed by atoms with Crippen LogP contribution < -0.4 is 4.74 Å². The Morgan fingerprint density at radius 3 is 2.41 bits per heavy atom. The van der Waals surface area contributed by atoms with E-state index in [4.69, 9.17) is 4.74 Å². The smallest absolute Gasteiger partial charge is 0.214 e. The first-order chi connectivity index (χ1) is 13.2. The van der Waals surface area contributed by atoms with Crippen LogP contribution in [0.1, 0.15) is 35.8 Å². The summed E-state index contributed by atoms with van der Waals surface area (Å²) in [6.07, 6.45) is 2.12. The van der Waals surface area contributed by atoms with Gasteiger partial charge in [0.1, 0.15) is 11.4 Å². The van der Waals surface area contributed by atoms with E-state index in [1.165, 1.54) is 0 Å². The lowest BCUT2D eigenvalue weighted by Crippen LogP contribution is -2.06. The summed E-state index contributed by atoms with van der Waals surface area (Å²) in [5, 5.41) is 7.40. The fourth-order valence-corrected chi connectivity index (χ4v) is 3.55. The molecule has 0 atom stereocenters. The molecule has 4 aromatic rings. The summed E-state index contributed by atoms with van der Waals surface area (Å²) in [6, 6.07) is 19.5. The Morgan fingerprint density at radius 1 is 0.963 bits per heavy atom. The summed E-state index contributed by atoms with van der Waals surface area (Å²) in [7, 11) is 1.65. The molecule has 0 N–H and O–H groups in total. The molecule has 27 heavy (non-hydrogen) atoms. The summed E-state index contributed by atoms with van der Waals surface area (Å²) >= 11 is 0. The number of carbonyl (C=O) groups is 1. The highest BCUT2D eigenvalue weighted by Crippen LogP contribution is 2.31. The van der Waals surface area contributed by atoms with Gasteiger partial charge in [-0.25, -0.2) is 0 Å². The summed E-state index contributed by atoms with van der Waals surface area (Å²) in [6.45, 7) is 2.97. The molecule has 4 nitrogen and oxygen atoms in total. The number of para-hydroxylation sites is 1. The molecule has 0 spiro atoms. The second-order valence-corrected chi connectivity index (χ2v) is 6.63. The summed E-state index contributed by atoms with van der Waals surface area (Å²) in [4.78, 5) is 13.4. The monoisotopic (exact) mass is 358 g/mol. The van der Waals surface area contributed by atoms with Crippen LogP contribution in [0.3, 0.4) is 0 Å². The molecule has 0 aliphatic carbocycles. The van der Waals surface area contributed by atoms with Gasteiger partial charge in [-0.2, -0.15) is 5.10 Å². The zero-order valence-corrected chi connectivity index (χ0v) is 15.6. The number of hydrogen-bond acceptors (Lipinski definition) is 3. The van der Waals surface area contributed by atoms with Crippen molar-refractivity contribution in [3.63, 3.8) is 0 Å². The van der Waals surface area contributed by atoms with Gasteiger partial charge >= 0.3 is 0 Å². The van der Waals surface area contributed by atoms with Crippen molar-refractivity contribution < 1.29 is 9.53 Å². The van der Waals surface area contributed by atoms with Gasteiger partial charge in [0.2, 0.25) is 5.78 Å². The van der Waals surface area contributed by atoms with E-state index in [9.17, 15) is 4.79 Å². The molecule has 0 saturated carbocycles. The minimum absolute atomic E-state index is 0.0553. The van der Waals surface area contributed by atoms with Gasteiger partial charge in [-0.05, 0) is 30.0 Å². The first-order valence-corrected chi connectivity index (χ1v) is 9.30. The molecule has 4 rings (SSSR count). The average Bonchev–Trinajstić information content (AvgIpc) is 3.09. The third-order valence-corrected chi connectivity index (χ3v) is 4.95. The molecule has 0 radical (unpaired) electrons. The van der Waals surface area contributed by atoms with E-state index in [1.807, 2.05) is 65.3 Å². The van der Waals surface area contributed by atoms with Gasteiger partial charge < -0.3 is 4.74 Å². The van der Waals surface area contributed by atoms with Crippen molar-refractivity contribution >= 4 is 27.5 Å². The number of unbranched alkanes of at least 4 members (excludes halogenated alkanes) is 1. The molecule has 4 heteroatoms. The number of hydrogen-bond donors (Lipinski definition) is 0. The second kappa shape index (κ2) is 7.23. The predicted octanol–water partition coefficient (Wildman–Crippen LogP) is 5.23. The highest BCUT2D eigenvalue weighted by molar-refractivity contribution is 6.20. The Labute approximate surface area is 158 Å². The number of benzene rings is 3. The predicted molar refractivity (Wildman–Crippen MR) is 109 cm³/mol. The van der Waals surface area contributed by atoms with Crippen molar-refractivity contribution in [3.05, 3.63) is 71.9 Å². The quantitative estimate of drug-likeness (QED) is 0.443. The molecular weight excluding hydrogens is 336 g/mol. The van der Waals surface area contributed by atoms with Crippen LogP contribution in [0.5, 0.6) is 5.75 Å². The largest absolute Gasteiger partial charge is 0.496 e. The van der Waals surface area contributed by atoms with Crippen LogP contribution in [0, 0.1) is 0 Å². The molecule has 3 aromatic carbocycles. The van der Waals surface area contributed by atoms with Crippen molar-refractivity contribution in [2.45, 2.75) is 26.3 Å². The van der Waals surface area contributed by atoms with Crippen molar-refractivity contribution in [1.82, 2.24) is 9.78 Å². The Kier molecular flexibility index (Phi) is 4.63. The Bertz CT molecular complexity index is 1130. The number of methoxy groups -OCH3 is 1. The fraction of sp³-hybridized carbons (Fsp3) is 0.217. The highest BCUT2D eigenvalue weighted by atomic mass is 16.5. The minimum atomic E-state index is -0.0553. The molecule has 1 aromatic heterocycles. The van der Waals surface area contributed by atoms with E-state index in [-0.39, 0.29) is 5.78 Å². The summed E-state index contributed by atoms with van der Waals surface area (Å²) in [5.41, 5.74) is 2.17. The van der Waals surface area contributed by atoms with Gasteiger partial charge in [-0.15, -0.1) is 0 Å². The SMILES string of the molecule is CCCCn1nc(C(=O)c2ccc(OC)c3ccccc23)c2ccccc21. The van der Waals surface area contributed by atoms with Crippen molar-refractivity contribution in [2.24, 2.45) is 0 Å². The third kappa shape index (κ3) is 2.97. The standard InChI is InChI=1S/C23H22N2O2/c1-3-4-15-25-20-12-8-7-11-19(20)22(24-25)23(26)18-13-14-21(27-2)17-10-6-5-9-16(17)18/h5-14H,3-4,15H2,1-2H3. The topological polar surface area (TPSA) is 44.1 Å². The van der Waals surface area contributed by atoms with Gasteiger partial charge in [0.25, 0.3) is 0 Å². The number of ketones is 1. The maximum absolute atomic E-state index is 13.4. The van der Waals surface area contributed by atoms with Crippen LogP contribution in [0.15, 0.2) is 60.7 Å². The molecular formula is C23H22N2O2. The number of carbonyl (C=O) groups excluding carboxylic acids is 1. The first kappa shape index (κ1) is 17.3. The second-order valence-electron chi connectivity index (χ2n) is 6.63. The van der Waals surface area contributed by atoms with Crippen molar-refractivity contribution in [2.75, 3.05) is 7.11 Å². The zero-order chi connectivity index (χ0) is 18.8. The van der Waals surface area contributed by atoms with Crippen LogP contribution in [0.2, 0.25) is 0 Å². The van der Waals surface area contributed by atoms with Crippen LogP contribution in [-0.2, 0) is 6.54 Å². The number of aryl methyl sites for hydroxylation is 1. The molecule has 1 heterocycles. The van der Waals surface area contributed by atoms with E-state index < -0.39 is 0 Å². The van der Waals surface area contributed by atoms with Crippen LogP contribution >= 0.6 is 0 Å². The molecule has 0 fully saturated rings. The molecule has 0 bridgehead atoms. The normalized spacial score (nSPS) is 11.2. The Hall–Kier alpha value is -3.14. The van der Waals surface area contributed by atoms with Gasteiger partial charge in [0.05, 0.1) is 12.6 Å². The number of rotatable bonds is 6. The lowest BCUT2D eigenvalue weighted by molar-refractivity contribution is 0.103. The van der Waals surface area contributed by atoms with Crippen LogP contribution in [0.4, 0.5) is 0 Å². The van der Waals surface area contributed by atoms with Gasteiger partial charge in [-0.3, -0.25) is 9.48 Å². The molecule has 0 aliphatic rings. The number of aromatic nitrogens is 2. The van der Waals surface area contributed by atoms with Crippen molar-refractivity contribution in [1.29, 1.82) is 0 Å². The maximum Gasteiger partial charge on any atom is 0.214 e. The lowest BCUT2D eigenvalue weighted by Gasteiger charge is -2.09. The minimum Gasteiger partial charge on any atom is -0.496 e.